The molecule has 2 aromatic carbocycles. The summed E-state index contributed by atoms with van der Waals surface area (Å²) in [5.41, 5.74) is 6.17. The fraction of sp³-hybridized carbons (Fsp3) is 0.292. The first-order valence-corrected chi connectivity index (χ1v) is 9.76. The molecule has 1 aliphatic rings. The molecule has 0 spiro atoms. The first-order valence-electron chi connectivity index (χ1n) is 9.76. The second-order valence-electron chi connectivity index (χ2n) is 8.14. The summed E-state index contributed by atoms with van der Waals surface area (Å²) < 4.78 is 0. The van der Waals surface area contributed by atoms with Crippen molar-refractivity contribution in [1.82, 2.24) is 4.98 Å². The van der Waals surface area contributed by atoms with Crippen molar-refractivity contribution in [3.8, 4) is 22.4 Å². The molecule has 2 heteroatoms. The number of pyridine rings is 1. The van der Waals surface area contributed by atoms with Gasteiger partial charge in [0.05, 0.1) is 5.69 Å². The van der Waals surface area contributed by atoms with E-state index >= 15 is 0 Å². The molecule has 1 heterocycles. The molecule has 2 unspecified atom stereocenters. The van der Waals surface area contributed by atoms with E-state index in [2.05, 4.69) is 80.4 Å². The van der Waals surface area contributed by atoms with Gasteiger partial charge in [-0.3, -0.25) is 4.98 Å². The highest BCUT2D eigenvalue weighted by atomic mass is 14.7. The van der Waals surface area contributed by atoms with E-state index in [1.807, 2.05) is 12.3 Å². The van der Waals surface area contributed by atoms with Crippen molar-refractivity contribution in [3.05, 3.63) is 78.5 Å². The van der Waals surface area contributed by atoms with Crippen LogP contribution in [0.1, 0.15) is 38.2 Å². The molecule has 2 atom stereocenters. The fourth-order valence-electron chi connectivity index (χ4n) is 4.52. The number of hydrogen-bond donors (Lipinski definition) is 0. The maximum atomic E-state index is 4.55. The summed E-state index contributed by atoms with van der Waals surface area (Å²) >= 11 is 0. The maximum Gasteiger partial charge on any atom is 0.115 e. The monoisotopic (exact) mass is 339 g/mol. The summed E-state index contributed by atoms with van der Waals surface area (Å²) in [6, 6.07) is 23.9. The van der Waals surface area contributed by atoms with Crippen molar-refractivity contribution in [3.63, 3.8) is 0 Å². The third-order valence-electron chi connectivity index (χ3n) is 5.97. The lowest BCUT2D eigenvalue weighted by Gasteiger charge is -2.37. The first-order chi connectivity index (χ1) is 12.6. The zero-order valence-electron chi connectivity index (χ0n) is 15.8. The van der Waals surface area contributed by atoms with Crippen LogP contribution in [0.3, 0.4) is 0 Å². The third kappa shape index (κ3) is 3.46. The average Bonchev–Trinajstić information content (AvgIpc) is 2.69. The molecule has 0 saturated heterocycles. The lowest BCUT2D eigenvalue weighted by molar-refractivity contribution is 0.310. The second-order valence-corrected chi connectivity index (χ2v) is 8.14. The molecule has 4 rings (SSSR count). The van der Waals surface area contributed by atoms with E-state index in [0.717, 1.165) is 17.2 Å². The molecule has 0 bridgehead atoms. The van der Waals surface area contributed by atoms with Crippen LogP contribution >= 0.6 is 0 Å². The Morgan fingerprint density at radius 2 is 1.69 bits per heavy atom. The minimum Gasteiger partial charge on any atom is -0.256 e. The van der Waals surface area contributed by atoms with Gasteiger partial charge < -0.3 is 0 Å². The molecule has 1 fully saturated rings. The Balaban J connectivity index is 1.61. The Labute approximate surface area is 157 Å². The molecule has 0 amide bonds. The molecule has 130 valence electrons. The Kier molecular flexibility index (Phi) is 4.67. The van der Waals surface area contributed by atoms with E-state index in [1.165, 1.54) is 42.4 Å². The third-order valence-corrected chi connectivity index (χ3v) is 5.97. The van der Waals surface area contributed by atoms with Crippen LogP contribution in [0.15, 0.2) is 72.9 Å². The molecule has 0 radical (unpaired) electrons. The SMILES string of the molecule is BC1(c2ccc(-c3ccnc(-c4ccccc4)c3)cc2)CCCC(C)C1. The van der Waals surface area contributed by atoms with Gasteiger partial charge in [0.15, 0.2) is 0 Å². The standard InChI is InChI=1S/C24H26BN/c1-18-6-5-14-24(25,17-18)22-11-9-19(10-12-22)21-13-15-26-23(16-21)20-7-3-2-4-8-20/h2-4,7-13,15-16,18H,5-6,14,17,25H2,1H3. The van der Waals surface area contributed by atoms with Gasteiger partial charge in [-0.1, -0.05) is 80.8 Å². The highest BCUT2D eigenvalue weighted by Crippen LogP contribution is 2.40. The van der Waals surface area contributed by atoms with Crippen molar-refractivity contribution < 1.29 is 0 Å². The minimum absolute atomic E-state index is 0.337. The van der Waals surface area contributed by atoms with Crippen LogP contribution in [0, 0.1) is 5.92 Å². The molecule has 3 aromatic rings. The lowest BCUT2D eigenvalue weighted by Crippen LogP contribution is -2.32. The largest absolute Gasteiger partial charge is 0.256 e. The number of hydrogen-bond acceptors (Lipinski definition) is 1. The normalized spacial score (nSPS) is 22.9. The molecule has 1 aromatic heterocycles. The van der Waals surface area contributed by atoms with E-state index in [4.69, 9.17) is 0 Å². The predicted octanol–water partition coefficient (Wildman–Crippen LogP) is 5.45. The van der Waals surface area contributed by atoms with Crippen molar-refractivity contribution in [2.45, 2.75) is 37.9 Å². The quantitative estimate of drug-likeness (QED) is 0.578. The molecule has 26 heavy (non-hydrogen) atoms. The second kappa shape index (κ2) is 7.11. The zero-order valence-corrected chi connectivity index (χ0v) is 15.8. The highest BCUT2D eigenvalue weighted by Gasteiger charge is 2.31. The van der Waals surface area contributed by atoms with Gasteiger partial charge in [-0.05, 0) is 46.5 Å². The molecular formula is C24H26BN. The van der Waals surface area contributed by atoms with Crippen LogP contribution < -0.4 is 0 Å². The van der Waals surface area contributed by atoms with Gasteiger partial charge in [0.25, 0.3) is 0 Å². The molecule has 1 saturated carbocycles. The van der Waals surface area contributed by atoms with Gasteiger partial charge in [-0.25, -0.2) is 0 Å². The Hall–Kier alpha value is -2.35. The summed E-state index contributed by atoms with van der Waals surface area (Å²) in [7, 11) is 2.44. The van der Waals surface area contributed by atoms with E-state index in [0.29, 0.717) is 5.31 Å². The Morgan fingerprint density at radius 3 is 2.42 bits per heavy atom. The zero-order chi connectivity index (χ0) is 18.0. The van der Waals surface area contributed by atoms with Crippen molar-refractivity contribution >= 4 is 7.85 Å². The van der Waals surface area contributed by atoms with E-state index < -0.39 is 0 Å². The van der Waals surface area contributed by atoms with Gasteiger partial charge in [-0.2, -0.15) is 0 Å². The van der Waals surface area contributed by atoms with E-state index in [9.17, 15) is 0 Å². The number of aromatic nitrogens is 1. The molecule has 0 N–H and O–H groups in total. The number of nitrogens with zero attached hydrogens (tertiary/aromatic N) is 1. The van der Waals surface area contributed by atoms with E-state index in [1.54, 1.807) is 0 Å². The van der Waals surface area contributed by atoms with Gasteiger partial charge in [0.2, 0.25) is 0 Å². The van der Waals surface area contributed by atoms with Crippen molar-refractivity contribution in [2.24, 2.45) is 5.92 Å². The number of benzene rings is 2. The Bertz CT molecular complexity index is 872. The Morgan fingerprint density at radius 1 is 0.923 bits per heavy atom. The van der Waals surface area contributed by atoms with Crippen molar-refractivity contribution in [1.29, 1.82) is 0 Å². The average molecular weight is 339 g/mol. The van der Waals surface area contributed by atoms with Gasteiger partial charge in [0.1, 0.15) is 7.85 Å². The lowest BCUT2D eigenvalue weighted by atomic mass is 9.55. The van der Waals surface area contributed by atoms with Crippen LogP contribution in [0.5, 0.6) is 0 Å². The van der Waals surface area contributed by atoms with E-state index in [-0.39, 0.29) is 0 Å². The topological polar surface area (TPSA) is 12.9 Å². The molecular weight excluding hydrogens is 313 g/mol. The van der Waals surface area contributed by atoms with Crippen molar-refractivity contribution in [2.75, 3.05) is 0 Å². The summed E-state index contributed by atoms with van der Waals surface area (Å²) in [6.45, 7) is 2.40. The summed E-state index contributed by atoms with van der Waals surface area (Å²) in [5.74, 6) is 0.835. The van der Waals surface area contributed by atoms with Gasteiger partial charge in [0, 0.05) is 11.8 Å². The van der Waals surface area contributed by atoms with Crippen LogP contribution in [0.25, 0.3) is 22.4 Å². The van der Waals surface area contributed by atoms with Crippen LogP contribution in [0.2, 0.25) is 0 Å². The summed E-state index contributed by atoms with van der Waals surface area (Å²) in [6.07, 6.45) is 7.26. The van der Waals surface area contributed by atoms with Crippen LogP contribution in [-0.2, 0) is 5.31 Å². The predicted molar refractivity (Wildman–Crippen MR) is 113 cm³/mol. The maximum absolute atomic E-state index is 4.55. The van der Waals surface area contributed by atoms with Crippen LogP contribution in [0.4, 0.5) is 0 Å². The minimum atomic E-state index is 0.337. The van der Waals surface area contributed by atoms with Gasteiger partial charge >= 0.3 is 0 Å². The molecule has 1 aliphatic carbocycles. The molecule has 1 nitrogen and oxygen atoms in total. The van der Waals surface area contributed by atoms with Crippen LogP contribution in [-0.4, -0.2) is 12.8 Å². The number of rotatable bonds is 3. The summed E-state index contributed by atoms with van der Waals surface area (Å²) in [5, 5.41) is 0.337. The first kappa shape index (κ1) is 17.1. The smallest absolute Gasteiger partial charge is 0.115 e. The molecule has 0 aliphatic heterocycles. The fourth-order valence-corrected chi connectivity index (χ4v) is 4.52. The summed E-state index contributed by atoms with van der Waals surface area (Å²) in [4.78, 5) is 4.55. The highest BCUT2D eigenvalue weighted by molar-refractivity contribution is 6.16. The van der Waals surface area contributed by atoms with Gasteiger partial charge in [-0.15, -0.1) is 0 Å².